The van der Waals surface area contributed by atoms with E-state index in [2.05, 4.69) is 22.4 Å². The average molecular weight is 378 g/mol. The maximum atomic E-state index is 11.3. The molecule has 2 heterocycles. The molecule has 0 unspecified atom stereocenters. The molecule has 0 aliphatic heterocycles. The van der Waals surface area contributed by atoms with Gasteiger partial charge in [0, 0.05) is 13.0 Å². The van der Waals surface area contributed by atoms with E-state index in [0.717, 1.165) is 25.0 Å². The molecule has 9 heteroatoms. The number of ether oxygens (including phenoxy) is 1. The second-order valence-corrected chi connectivity index (χ2v) is 5.98. The van der Waals surface area contributed by atoms with Gasteiger partial charge in [-0.15, -0.1) is 4.79 Å². The number of unbranched alkanes of at least 4 members (excludes halogenated alkanes) is 1. The summed E-state index contributed by atoms with van der Waals surface area (Å²) < 4.78 is 5.64. The summed E-state index contributed by atoms with van der Waals surface area (Å²) in [7, 11) is 0. The van der Waals surface area contributed by atoms with Crippen molar-refractivity contribution in [2.45, 2.75) is 33.1 Å². The minimum absolute atomic E-state index is 0.0721. The van der Waals surface area contributed by atoms with Crippen molar-refractivity contribution >= 4 is 40.7 Å². The van der Waals surface area contributed by atoms with E-state index >= 15 is 0 Å². The zero-order chi connectivity index (χ0) is 17.0. The number of nitrogens with one attached hydrogen (secondary N) is 1. The second kappa shape index (κ2) is 7.86. The Morgan fingerprint density at radius 2 is 2.04 bits per heavy atom. The highest BCUT2D eigenvalue weighted by Crippen LogP contribution is 2.33. The number of aryl methyl sites for hydroxylation is 1. The van der Waals surface area contributed by atoms with E-state index in [9.17, 15) is 4.79 Å². The lowest BCUT2D eigenvalue weighted by Crippen LogP contribution is -2.21. The van der Waals surface area contributed by atoms with Crippen molar-refractivity contribution < 1.29 is 9.53 Å². The lowest BCUT2D eigenvalue weighted by molar-refractivity contribution is -0.115. The minimum Gasteiger partial charge on any atom is -0.417 e. The molecule has 0 saturated heterocycles. The number of nitrogens with zero attached hydrogens (tertiary/aromatic N) is 3. The Morgan fingerprint density at radius 1 is 1.30 bits per heavy atom. The normalized spacial score (nSPS) is 10.7. The maximum absolute atomic E-state index is 11.3. The van der Waals surface area contributed by atoms with Crippen LogP contribution >= 0.6 is 34.8 Å². The summed E-state index contributed by atoms with van der Waals surface area (Å²) in [5, 5.41) is 4.78. The Kier molecular flexibility index (Phi) is 6.10. The summed E-state index contributed by atoms with van der Waals surface area (Å²) in [4.78, 5) is 16.5. The Hall–Kier alpha value is -1.50. The number of carbonyl (C=O) groups is 1. The topological polar surface area (TPSA) is 69.0 Å². The van der Waals surface area contributed by atoms with Gasteiger partial charge in [-0.05, 0) is 18.9 Å². The molecule has 2 aromatic rings. The zero-order valence-corrected chi connectivity index (χ0v) is 14.8. The van der Waals surface area contributed by atoms with Crippen molar-refractivity contribution in [1.29, 1.82) is 0 Å². The van der Waals surface area contributed by atoms with Crippen molar-refractivity contribution in [3.63, 3.8) is 0 Å². The average Bonchev–Trinajstić information content (AvgIpc) is 2.83. The molecule has 0 aromatic carbocycles. The summed E-state index contributed by atoms with van der Waals surface area (Å²) in [6.45, 7) is 3.46. The van der Waals surface area contributed by atoms with Crippen molar-refractivity contribution in [2.24, 2.45) is 0 Å². The highest BCUT2D eigenvalue weighted by atomic mass is 35.5. The van der Waals surface area contributed by atoms with Gasteiger partial charge in [0.05, 0.1) is 10.7 Å². The van der Waals surface area contributed by atoms with Crippen LogP contribution in [0.1, 0.15) is 32.4 Å². The van der Waals surface area contributed by atoms with Gasteiger partial charge in [0.1, 0.15) is 5.02 Å². The highest BCUT2D eigenvalue weighted by molar-refractivity contribution is 6.42. The Morgan fingerprint density at radius 3 is 2.70 bits per heavy atom. The van der Waals surface area contributed by atoms with Gasteiger partial charge in [-0.3, -0.25) is 4.79 Å². The van der Waals surface area contributed by atoms with E-state index in [1.54, 1.807) is 6.07 Å². The van der Waals surface area contributed by atoms with Gasteiger partial charge in [0.25, 0.3) is 0 Å². The number of carbonyl (C=O) groups excluding carboxylic acids is 1. The van der Waals surface area contributed by atoms with Crippen LogP contribution in [-0.2, 0) is 11.2 Å². The van der Waals surface area contributed by atoms with Crippen molar-refractivity contribution in [3.8, 4) is 11.8 Å². The summed E-state index contributed by atoms with van der Waals surface area (Å²) in [5.74, 6) is 0.0712. The molecule has 0 bridgehead atoms. The molecule has 1 N–H and O–H groups in total. The van der Waals surface area contributed by atoms with Crippen LogP contribution in [0.2, 0.25) is 15.2 Å². The van der Waals surface area contributed by atoms with Crippen molar-refractivity contribution in [3.05, 3.63) is 33.0 Å². The molecule has 1 amide bonds. The summed E-state index contributed by atoms with van der Waals surface area (Å²) in [6.07, 6.45) is 2.77. The van der Waals surface area contributed by atoms with Crippen LogP contribution in [0.15, 0.2) is 12.1 Å². The summed E-state index contributed by atoms with van der Waals surface area (Å²) in [5.41, 5.74) is 3.33. The molecule has 0 radical (unpaired) electrons. The van der Waals surface area contributed by atoms with Gasteiger partial charge in [-0.2, -0.15) is 10.1 Å². The highest BCUT2D eigenvalue weighted by Gasteiger charge is 2.15. The van der Waals surface area contributed by atoms with Gasteiger partial charge in [-0.1, -0.05) is 48.1 Å². The molecule has 124 valence electrons. The van der Waals surface area contributed by atoms with Gasteiger partial charge < -0.3 is 4.74 Å². The van der Waals surface area contributed by atoms with Gasteiger partial charge in [0.2, 0.25) is 17.7 Å². The fourth-order valence-corrected chi connectivity index (χ4v) is 2.32. The van der Waals surface area contributed by atoms with E-state index in [1.807, 2.05) is 0 Å². The minimum atomic E-state index is -0.284. The number of pyridine rings is 1. The third-order valence-corrected chi connectivity index (χ3v) is 3.78. The van der Waals surface area contributed by atoms with E-state index in [1.165, 1.54) is 17.8 Å². The first-order chi connectivity index (χ1) is 10.9. The first-order valence-corrected chi connectivity index (χ1v) is 8.10. The fourth-order valence-electron chi connectivity index (χ4n) is 1.79. The molecule has 0 fully saturated rings. The molecule has 0 aliphatic carbocycles. The van der Waals surface area contributed by atoms with Gasteiger partial charge >= 0.3 is 0 Å². The van der Waals surface area contributed by atoms with Crippen LogP contribution in [0.4, 0.5) is 0 Å². The Labute approximate surface area is 148 Å². The molecule has 2 aromatic heterocycles. The number of halogens is 3. The first-order valence-electron chi connectivity index (χ1n) is 6.96. The molecule has 0 spiro atoms. The second-order valence-electron chi connectivity index (χ2n) is 4.81. The molecular formula is C14H15Cl3N4O2. The third-order valence-electron chi connectivity index (χ3n) is 2.83. The summed E-state index contributed by atoms with van der Waals surface area (Å²) in [6, 6.07) is 3.15. The summed E-state index contributed by atoms with van der Waals surface area (Å²) >= 11 is 17.8. The van der Waals surface area contributed by atoms with Crippen LogP contribution in [0.3, 0.4) is 0 Å². The number of aromatic nitrogens is 3. The lowest BCUT2D eigenvalue weighted by atomic mass is 10.2. The largest absolute Gasteiger partial charge is 0.417 e. The van der Waals surface area contributed by atoms with Crippen LogP contribution in [0, 0.1) is 0 Å². The van der Waals surface area contributed by atoms with Crippen LogP contribution < -0.4 is 10.2 Å². The molecule has 2 rings (SSSR count). The van der Waals surface area contributed by atoms with Gasteiger partial charge in [0.15, 0.2) is 5.15 Å². The van der Waals surface area contributed by atoms with E-state index < -0.39 is 0 Å². The molecule has 23 heavy (non-hydrogen) atoms. The number of hydrogen-bond donors (Lipinski definition) is 1. The van der Waals surface area contributed by atoms with E-state index in [4.69, 9.17) is 39.5 Å². The van der Waals surface area contributed by atoms with Crippen LogP contribution in [0.25, 0.3) is 0 Å². The molecular weight excluding hydrogens is 363 g/mol. The first kappa shape index (κ1) is 17.8. The van der Waals surface area contributed by atoms with Crippen LogP contribution in [-0.4, -0.2) is 20.8 Å². The lowest BCUT2D eigenvalue weighted by Gasteiger charge is -2.09. The van der Waals surface area contributed by atoms with Crippen molar-refractivity contribution in [1.82, 2.24) is 14.9 Å². The monoisotopic (exact) mass is 376 g/mol. The SMILES string of the molecule is CCCCc1cc(Oc2nc(Cl)c(Cl)cc2Cl)n(NC(C)=O)n1. The predicted octanol–water partition coefficient (Wildman–Crippen LogP) is 4.46. The molecule has 6 nitrogen and oxygen atoms in total. The van der Waals surface area contributed by atoms with E-state index in [-0.39, 0.29) is 32.9 Å². The maximum Gasteiger partial charge on any atom is 0.241 e. The van der Waals surface area contributed by atoms with Crippen LogP contribution in [0.5, 0.6) is 11.8 Å². The third kappa shape index (κ3) is 4.73. The quantitative estimate of drug-likeness (QED) is 0.754. The molecule has 0 atom stereocenters. The standard InChI is InChI=1S/C14H15Cl3N4O2/c1-3-4-5-9-6-12(21(20-9)19-8(2)22)23-14-11(16)7-10(15)13(17)18-14/h6-7H,3-5H2,1-2H3,(H,19,22). The Bertz CT molecular complexity index is 718. The number of hydrogen-bond acceptors (Lipinski definition) is 4. The molecule has 0 aliphatic rings. The van der Waals surface area contributed by atoms with Gasteiger partial charge in [-0.25, -0.2) is 5.43 Å². The smallest absolute Gasteiger partial charge is 0.241 e. The van der Waals surface area contributed by atoms with E-state index in [0.29, 0.717) is 0 Å². The Balaban J connectivity index is 2.31. The molecule has 0 saturated carbocycles. The van der Waals surface area contributed by atoms with Crippen molar-refractivity contribution in [2.75, 3.05) is 5.43 Å². The number of rotatable bonds is 6. The number of amides is 1. The zero-order valence-electron chi connectivity index (χ0n) is 12.6. The predicted molar refractivity (Wildman–Crippen MR) is 90.2 cm³/mol. The fraction of sp³-hybridized carbons (Fsp3) is 0.357.